The Bertz CT molecular complexity index is 1200. The third-order valence-electron chi connectivity index (χ3n) is 6.86. The van der Waals surface area contributed by atoms with Crippen LogP contribution in [0.15, 0.2) is 48.5 Å². The number of nitrogens with one attached hydrogen (secondary N) is 1. The topological polar surface area (TPSA) is 98.6 Å². The second kappa shape index (κ2) is 11.7. The fourth-order valence-electron chi connectivity index (χ4n) is 4.49. The van der Waals surface area contributed by atoms with Crippen molar-refractivity contribution < 1.29 is 19.1 Å². The summed E-state index contributed by atoms with van der Waals surface area (Å²) in [5.41, 5.74) is 1.76. The van der Waals surface area contributed by atoms with Gasteiger partial charge in [-0.25, -0.2) is 4.68 Å². The zero-order chi connectivity index (χ0) is 26.4. The number of benzene rings is 2. The molecule has 1 N–H and O–H groups in total. The maximum atomic E-state index is 13.9. The first-order chi connectivity index (χ1) is 17.8. The molecule has 1 aromatic heterocycles. The number of amides is 2. The number of ether oxygens (including phenoxy) is 2. The first-order valence-corrected chi connectivity index (χ1v) is 13.1. The second-order valence-electron chi connectivity index (χ2n) is 10.0. The number of rotatable bonds is 11. The Morgan fingerprint density at radius 2 is 1.95 bits per heavy atom. The van der Waals surface area contributed by atoms with Crippen molar-refractivity contribution in [3.63, 3.8) is 0 Å². The highest BCUT2D eigenvalue weighted by Gasteiger charge is 2.36. The SMILES string of the molecule is CCOc1ccc([C@@H](C(=O)NC(C)(C)CC)N(C[C@H]2CCCO2)C(=O)Cn2nnc3ccccc32)cc1. The van der Waals surface area contributed by atoms with Crippen molar-refractivity contribution in [3.05, 3.63) is 54.1 Å². The van der Waals surface area contributed by atoms with Gasteiger partial charge in [0, 0.05) is 18.7 Å². The lowest BCUT2D eigenvalue weighted by atomic mass is 9.98. The number of hydrogen-bond acceptors (Lipinski definition) is 6. The van der Waals surface area contributed by atoms with Crippen molar-refractivity contribution in [1.82, 2.24) is 25.2 Å². The minimum atomic E-state index is -0.840. The molecule has 1 fully saturated rings. The van der Waals surface area contributed by atoms with E-state index in [1.807, 2.05) is 76.2 Å². The second-order valence-corrected chi connectivity index (χ2v) is 10.0. The van der Waals surface area contributed by atoms with Crippen molar-refractivity contribution in [2.75, 3.05) is 19.8 Å². The number of nitrogens with zero attached hydrogens (tertiary/aromatic N) is 4. The summed E-state index contributed by atoms with van der Waals surface area (Å²) in [6.45, 7) is 9.38. The molecule has 0 saturated carbocycles. The van der Waals surface area contributed by atoms with Crippen LogP contribution in [0.25, 0.3) is 11.0 Å². The van der Waals surface area contributed by atoms with Gasteiger partial charge >= 0.3 is 0 Å². The van der Waals surface area contributed by atoms with Gasteiger partial charge in [0.05, 0.1) is 18.2 Å². The van der Waals surface area contributed by atoms with Crippen LogP contribution in [0.5, 0.6) is 5.75 Å². The smallest absolute Gasteiger partial charge is 0.247 e. The summed E-state index contributed by atoms with van der Waals surface area (Å²) >= 11 is 0. The summed E-state index contributed by atoms with van der Waals surface area (Å²) in [4.78, 5) is 29.4. The maximum absolute atomic E-state index is 13.9. The number of carbonyl (C=O) groups is 2. The largest absolute Gasteiger partial charge is 0.494 e. The molecule has 2 aromatic carbocycles. The highest BCUT2D eigenvalue weighted by atomic mass is 16.5. The molecular weight excluding hydrogens is 470 g/mol. The lowest BCUT2D eigenvalue weighted by Crippen LogP contribution is -2.52. The normalized spacial score (nSPS) is 16.5. The van der Waals surface area contributed by atoms with E-state index in [1.54, 1.807) is 9.58 Å². The van der Waals surface area contributed by atoms with Crippen LogP contribution in [0.1, 0.15) is 58.6 Å². The Hall–Kier alpha value is -3.46. The Kier molecular flexibility index (Phi) is 8.43. The average molecular weight is 508 g/mol. The Labute approximate surface area is 218 Å². The molecule has 198 valence electrons. The molecule has 2 heterocycles. The van der Waals surface area contributed by atoms with Crippen molar-refractivity contribution in [2.45, 2.75) is 71.2 Å². The van der Waals surface area contributed by atoms with E-state index in [0.29, 0.717) is 36.6 Å². The van der Waals surface area contributed by atoms with E-state index in [0.717, 1.165) is 24.8 Å². The Balaban J connectivity index is 1.71. The van der Waals surface area contributed by atoms with E-state index in [-0.39, 0.29) is 24.5 Å². The van der Waals surface area contributed by atoms with E-state index in [9.17, 15) is 9.59 Å². The average Bonchev–Trinajstić information content (AvgIpc) is 3.55. The quantitative estimate of drug-likeness (QED) is 0.423. The zero-order valence-electron chi connectivity index (χ0n) is 22.1. The number of para-hydroxylation sites is 1. The van der Waals surface area contributed by atoms with Crippen LogP contribution in [-0.2, 0) is 20.9 Å². The minimum absolute atomic E-state index is 0.0365. The van der Waals surface area contributed by atoms with Crippen LogP contribution in [0.2, 0.25) is 0 Å². The summed E-state index contributed by atoms with van der Waals surface area (Å²) in [5, 5.41) is 11.5. The van der Waals surface area contributed by atoms with Crippen LogP contribution >= 0.6 is 0 Å². The lowest BCUT2D eigenvalue weighted by molar-refractivity contribution is -0.144. The molecule has 0 radical (unpaired) electrons. The van der Waals surface area contributed by atoms with Gasteiger partial charge in [-0.15, -0.1) is 5.10 Å². The first-order valence-electron chi connectivity index (χ1n) is 13.1. The molecule has 3 aromatic rings. The Morgan fingerprint density at radius 1 is 1.19 bits per heavy atom. The van der Waals surface area contributed by atoms with E-state index < -0.39 is 11.6 Å². The highest BCUT2D eigenvalue weighted by molar-refractivity contribution is 5.89. The molecule has 9 heteroatoms. The zero-order valence-corrected chi connectivity index (χ0v) is 22.1. The van der Waals surface area contributed by atoms with Crippen molar-refractivity contribution >= 4 is 22.8 Å². The predicted molar refractivity (Wildman–Crippen MR) is 141 cm³/mol. The highest BCUT2D eigenvalue weighted by Crippen LogP contribution is 2.28. The fourth-order valence-corrected chi connectivity index (χ4v) is 4.49. The molecule has 0 spiro atoms. The molecule has 37 heavy (non-hydrogen) atoms. The molecule has 4 rings (SSSR count). The van der Waals surface area contributed by atoms with Gasteiger partial charge in [0.1, 0.15) is 23.9 Å². The van der Waals surface area contributed by atoms with E-state index in [1.165, 1.54) is 0 Å². The molecule has 9 nitrogen and oxygen atoms in total. The summed E-state index contributed by atoms with van der Waals surface area (Å²) in [6, 6.07) is 14.1. The van der Waals surface area contributed by atoms with E-state index in [2.05, 4.69) is 15.6 Å². The van der Waals surface area contributed by atoms with Crippen LogP contribution in [0.3, 0.4) is 0 Å². The predicted octanol–water partition coefficient (Wildman–Crippen LogP) is 3.88. The number of hydrogen-bond donors (Lipinski definition) is 1. The summed E-state index contributed by atoms with van der Waals surface area (Å²) in [7, 11) is 0. The molecule has 1 saturated heterocycles. The standard InChI is InChI=1S/C28H37N5O4/c1-5-28(3,4)29-27(35)26(20-13-15-21(16-14-20)36-6-2)32(18-22-10-9-17-37-22)25(34)19-33-24-12-8-7-11-23(24)30-31-33/h7-8,11-16,22,26H,5-6,9-10,17-19H2,1-4H3,(H,29,35)/t22-,26+/m1/s1. The fraction of sp³-hybridized carbons (Fsp3) is 0.500. The molecule has 1 aliphatic heterocycles. The number of aromatic nitrogens is 3. The first kappa shape index (κ1) is 26.6. The van der Waals surface area contributed by atoms with Gasteiger partial charge in [-0.3, -0.25) is 9.59 Å². The molecule has 0 bridgehead atoms. The number of fused-ring (bicyclic) bond motifs is 1. The summed E-state index contributed by atoms with van der Waals surface area (Å²) < 4.78 is 13.1. The Morgan fingerprint density at radius 3 is 2.62 bits per heavy atom. The summed E-state index contributed by atoms with van der Waals surface area (Å²) in [5.74, 6) is 0.255. The van der Waals surface area contributed by atoms with Gasteiger partial charge in [0.2, 0.25) is 11.8 Å². The molecular formula is C28H37N5O4. The van der Waals surface area contributed by atoms with Crippen molar-refractivity contribution in [1.29, 1.82) is 0 Å². The van der Waals surface area contributed by atoms with Crippen molar-refractivity contribution in [3.8, 4) is 5.75 Å². The van der Waals surface area contributed by atoms with Crippen LogP contribution < -0.4 is 10.1 Å². The van der Waals surface area contributed by atoms with Crippen molar-refractivity contribution in [2.24, 2.45) is 0 Å². The maximum Gasteiger partial charge on any atom is 0.247 e. The van der Waals surface area contributed by atoms with E-state index >= 15 is 0 Å². The van der Waals surface area contributed by atoms with Crippen LogP contribution in [-0.4, -0.2) is 63.1 Å². The van der Waals surface area contributed by atoms with Gasteiger partial charge in [0.15, 0.2) is 0 Å². The molecule has 0 unspecified atom stereocenters. The molecule has 1 aliphatic rings. The van der Waals surface area contributed by atoms with Crippen LogP contribution in [0, 0.1) is 0 Å². The van der Waals surface area contributed by atoms with Crippen LogP contribution in [0.4, 0.5) is 0 Å². The third kappa shape index (κ3) is 6.46. The number of carbonyl (C=O) groups excluding carboxylic acids is 2. The minimum Gasteiger partial charge on any atom is -0.494 e. The third-order valence-corrected chi connectivity index (χ3v) is 6.86. The monoisotopic (exact) mass is 507 g/mol. The van der Waals surface area contributed by atoms with Gasteiger partial charge in [-0.05, 0) is 69.9 Å². The van der Waals surface area contributed by atoms with Gasteiger partial charge < -0.3 is 19.7 Å². The summed E-state index contributed by atoms with van der Waals surface area (Å²) in [6.07, 6.45) is 2.39. The van der Waals surface area contributed by atoms with Gasteiger partial charge in [-0.1, -0.05) is 36.4 Å². The van der Waals surface area contributed by atoms with Gasteiger partial charge in [-0.2, -0.15) is 0 Å². The van der Waals surface area contributed by atoms with E-state index in [4.69, 9.17) is 9.47 Å². The lowest BCUT2D eigenvalue weighted by Gasteiger charge is -2.35. The molecule has 0 aliphatic carbocycles. The molecule has 2 amide bonds. The van der Waals surface area contributed by atoms with Gasteiger partial charge in [0.25, 0.3) is 0 Å². The molecule has 2 atom stereocenters.